The third-order valence-corrected chi connectivity index (χ3v) is 7.95. The van der Waals surface area contributed by atoms with E-state index in [4.69, 9.17) is 0 Å². The number of sulfonamides is 1. The van der Waals surface area contributed by atoms with Gasteiger partial charge in [0.05, 0.1) is 10.6 Å². The number of nitrogens with zero attached hydrogens (tertiary/aromatic N) is 2. The summed E-state index contributed by atoms with van der Waals surface area (Å²) in [7, 11) is -3.89. The summed E-state index contributed by atoms with van der Waals surface area (Å²) in [5.41, 5.74) is 1.42. The highest BCUT2D eigenvalue weighted by molar-refractivity contribution is 9.10. The zero-order valence-corrected chi connectivity index (χ0v) is 21.0. The van der Waals surface area contributed by atoms with E-state index in [1.807, 2.05) is 13.0 Å². The Balaban J connectivity index is 1.66. The number of rotatable bonds is 9. The molecule has 0 saturated carbocycles. The second kappa shape index (κ2) is 11.8. The monoisotopic (exact) mass is 521 g/mol. The van der Waals surface area contributed by atoms with E-state index in [0.717, 1.165) is 36.1 Å². The first kappa shape index (κ1) is 24.7. The lowest BCUT2D eigenvalue weighted by molar-refractivity contribution is -0.119. The molecule has 0 aliphatic carbocycles. The number of carbonyl (C=O) groups is 1. The number of hydrogen-bond acceptors (Lipinski definition) is 4. The molecule has 1 heterocycles. The summed E-state index contributed by atoms with van der Waals surface area (Å²) in [6, 6.07) is 13.7. The highest BCUT2D eigenvalue weighted by Gasteiger charge is 2.27. The summed E-state index contributed by atoms with van der Waals surface area (Å²) >= 11 is 3.40. The largest absolute Gasteiger partial charge is 0.354 e. The molecule has 1 saturated heterocycles. The van der Waals surface area contributed by atoms with E-state index in [1.54, 1.807) is 42.5 Å². The molecule has 1 aliphatic rings. The molecule has 2 aromatic rings. The van der Waals surface area contributed by atoms with Crippen LogP contribution in [0, 0.1) is 6.92 Å². The first-order chi connectivity index (χ1) is 15.4. The van der Waals surface area contributed by atoms with Gasteiger partial charge in [-0.3, -0.25) is 9.10 Å². The Hall–Kier alpha value is -1.90. The molecule has 0 bridgehead atoms. The third-order valence-electron chi connectivity index (χ3n) is 5.66. The summed E-state index contributed by atoms with van der Waals surface area (Å²) in [4.78, 5) is 15.3. The second-order valence-corrected chi connectivity index (χ2v) is 11.0. The van der Waals surface area contributed by atoms with Gasteiger partial charge in [-0.2, -0.15) is 0 Å². The Bertz CT molecular complexity index is 988. The quantitative estimate of drug-likeness (QED) is 0.498. The molecule has 0 unspecified atom stereocenters. The Morgan fingerprint density at radius 2 is 1.75 bits per heavy atom. The van der Waals surface area contributed by atoms with Gasteiger partial charge in [0.15, 0.2) is 0 Å². The second-order valence-electron chi connectivity index (χ2n) is 8.26. The molecule has 2 aromatic carbocycles. The fraction of sp³-hybridized carbons (Fsp3) is 0.458. The van der Waals surface area contributed by atoms with Gasteiger partial charge >= 0.3 is 0 Å². The highest BCUT2D eigenvalue weighted by atomic mass is 79.9. The zero-order chi connectivity index (χ0) is 23.0. The number of anilines is 1. The average Bonchev–Trinajstić information content (AvgIpc) is 3.04. The molecular formula is C24H32BrN3O3S. The topological polar surface area (TPSA) is 69.7 Å². The molecule has 174 valence electrons. The van der Waals surface area contributed by atoms with Crippen molar-refractivity contribution < 1.29 is 13.2 Å². The minimum absolute atomic E-state index is 0.164. The molecule has 0 atom stereocenters. The number of halogens is 1. The Morgan fingerprint density at radius 3 is 2.41 bits per heavy atom. The molecule has 1 fully saturated rings. The van der Waals surface area contributed by atoms with Gasteiger partial charge < -0.3 is 10.2 Å². The number of carbonyl (C=O) groups excluding carboxylic acids is 1. The lowest BCUT2D eigenvalue weighted by Gasteiger charge is -2.24. The smallest absolute Gasteiger partial charge is 0.264 e. The number of likely N-dealkylation sites (tertiary alicyclic amines) is 1. The molecule has 3 rings (SSSR count). The zero-order valence-electron chi connectivity index (χ0n) is 18.6. The maximum absolute atomic E-state index is 13.4. The number of benzene rings is 2. The van der Waals surface area contributed by atoms with Gasteiger partial charge in [0.25, 0.3) is 10.0 Å². The number of hydrogen-bond donors (Lipinski definition) is 1. The highest BCUT2D eigenvalue weighted by Crippen LogP contribution is 2.26. The van der Waals surface area contributed by atoms with Crippen LogP contribution in [0.15, 0.2) is 57.9 Å². The summed E-state index contributed by atoms with van der Waals surface area (Å²) in [6.07, 6.45) is 5.94. The molecule has 1 amide bonds. The summed E-state index contributed by atoms with van der Waals surface area (Å²) in [6.45, 7) is 5.38. The number of aryl methyl sites for hydroxylation is 1. The molecule has 32 heavy (non-hydrogen) atoms. The van der Waals surface area contributed by atoms with Crippen molar-refractivity contribution in [2.24, 2.45) is 0 Å². The van der Waals surface area contributed by atoms with Gasteiger partial charge in [-0.15, -0.1) is 0 Å². The first-order valence-electron chi connectivity index (χ1n) is 11.2. The summed E-state index contributed by atoms with van der Waals surface area (Å²) in [5.74, 6) is -0.309. The molecule has 0 radical (unpaired) electrons. The van der Waals surface area contributed by atoms with Crippen LogP contribution in [0.1, 0.15) is 37.7 Å². The van der Waals surface area contributed by atoms with Crippen molar-refractivity contribution in [3.63, 3.8) is 0 Å². The van der Waals surface area contributed by atoms with Gasteiger partial charge in [0.1, 0.15) is 6.54 Å². The number of amides is 1. The molecule has 8 heteroatoms. The van der Waals surface area contributed by atoms with Gasteiger partial charge in [0.2, 0.25) is 5.91 Å². The molecule has 1 aliphatic heterocycles. The van der Waals surface area contributed by atoms with Crippen LogP contribution in [-0.4, -0.2) is 51.9 Å². The molecule has 0 spiro atoms. The van der Waals surface area contributed by atoms with Crippen molar-refractivity contribution >= 4 is 37.5 Å². The third kappa shape index (κ3) is 7.05. The van der Waals surface area contributed by atoms with Crippen molar-refractivity contribution in [2.45, 2.75) is 43.9 Å². The van der Waals surface area contributed by atoms with Crippen LogP contribution < -0.4 is 9.62 Å². The van der Waals surface area contributed by atoms with E-state index in [1.165, 1.54) is 30.0 Å². The number of nitrogens with one attached hydrogen (secondary N) is 1. The van der Waals surface area contributed by atoms with Crippen molar-refractivity contribution in [1.29, 1.82) is 0 Å². The van der Waals surface area contributed by atoms with Gasteiger partial charge in [0, 0.05) is 11.0 Å². The maximum Gasteiger partial charge on any atom is 0.264 e. The van der Waals surface area contributed by atoms with Crippen LogP contribution >= 0.6 is 15.9 Å². The summed E-state index contributed by atoms with van der Waals surface area (Å²) < 4.78 is 28.7. The Morgan fingerprint density at radius 1 is 1.06 bits per heavy atom. The van der Waals surface area contributed by atoms with Crippen LogP contribution in [0.5, 0.6) is 0 Å². The Kier molecular flexibility index (Phi) is 9.13. The van der Waals surface area contributed by atoms with E-state index in [9.17, 15) is 13.2 Å². The van der Waals surface area contributed by atoms with E-state index < -0.39 is 10.0 Å². The van der Waals surface area contributed by atoms with Crippen molar-refractivity contribution in [3.05, 3.63) is 58.6 Å². The van der Waals surface area contributed by atoms with Crippen molar-refractivity contribution in [2.75, 3.05) is 37.0 Å². The minimum atomic E-state index is -3.89. The van der Waals surface area contributed by atoms with Crippen LogP contribution in [0.25, 0.3) is 0 Å². The Labute approximate surface area is 200 Å². The van der Waals surface area contributed by atoms with Gasteiger partial charge in [-0.1, -0.05) is 52.5 Å². The fourth-order valence-electron chi connectivity index (χ4n) is 3.86. The predicted molar refractivity (Wildman–Crippen MR) is 132 cm³/mol. The standard InChI is InChI=1S/C24H32BrN3O3S/c1-20-10-12-23(13-11-20)32(30,31)28(22-9-6-8-21(25)18-22)19-24(29)26-14-7-17-27-15-4-2-3-5-16-27/h6,8-13,18H,2-5,7,14-17,19H2,1H3,(H,26,29). The molecule has 6 nitrogen and oxygen atoms in total. The summed E-state index contributed by atoms with van der Waals surface area (Å²) in [5, 5.41) is 2.90. The first-order valence-corrected chi connectivity index (χ1v) is 13.4. The maximum atomic E-state index is 13.4. The lowest BCUT2D eigenvalue weighted by Crippen LogP contribution is -2.41. The predicted octanol–water partition coefficient (Wildman–Crippen LogP) is 4.34. The molecule has 0 aromatic heterocycles. The van der Waals surface area contributed by atoms with Gasteiger partial charge in [-0.05, 0) is 76.2 Å². The normalized spacial score (nSPS) is 15.2. The van der Waals surface area contributed by atoms with Crippen molar-refractivity contribution in [1.82, 2.24) is 10.2 Å². The minimum Gasteiger partial charge on any atom is -0.354 e. The molecule has 1 N–H and O–H groups in total. The fourth-order valence-corrected chi connectivity index (χ4v) is 5.66. The van der Waals surface area contributed by atoms with E-state index in [-0.39, 0.29) is 17.3 Å². The van der Waals surface area contributed by atoms with Gasteiger partial charge in [-0.25, -0.2) is 8.42 Å². The van der Waals surface area contributed by atoms with E-state index >= 15 is 0 Å². The van der Waals surface area contributed by atoms with Crippen LogP contribution in [0.2, 0.25) is 0 Å². The average molecular weight is 523 g/mol. The molecular weight excluding hydrogens is 490 g/mol. The van der Waals surface area contributed by atoms with Crippen LogP contribution in [-0.2, 0) is 14.8 Å². The SMILES string of the molecule is Cc1ccc(S(=O)(=O)N(CC(=O)NCCCN2CCCCCC2)c2cccc(Br)c2)cc1. The van der Waals surface area contributed by atoms with E-state index in [0.29, 0.717) is 12.2 Å². The van der Waals surface area contributed by atoms with E-state index in [2.05, 4.69) is 26.1 Å². The van der Waals surface area contributed by atoms with Crippen LogP contribution in [0.4, 0.5) is 5.69 Å². The lowest BCUT2D eigenvalue weighted by atomic mass is 10.2. The van der Waals surface area contributed by atoms with Crippen LogP contribution in [0.3, 0.4) is 0 Å². The van der Waals surface area contributed by atoms with Crippen molar-refractivity contribution in [3.8, 4) is 0 Å².